The van der Waals surface area contributed by atoms with Gasteiger partial charge in [-0.3, -0.25) is 15.2 Å². The summed E-state index contributed by atoms with van der Waals surface area (Å²) in [6.07, 6.45) is 1.44. The summed E-state index contributed by atoms with van der Waals surface area (Å²) in [5, 5.41) is 21.9. The molecule has 2 aromatic rings. The molecule has 2 atom stereocenters. The van der Waals surface area contributed by atoms with Crippen LogP contribution >= 0.6 is 0 Å². The van der Waals surface area contributed by atoms with Gasteiger partial charge in [0.25, 0.3) is 0 Å². The number of aldehydes is 1. The third-order valence-corrected chi connectivity index (χ3v) is 4.98. The molecule has 1 aromatic carbocycles. The zero-order chi connectivity index (χ0) is 22.4. The Kier molecular flexibility index (Phi) is 7.11. The minimum Gasteiger partial charge on any atom is -0.507 e. The number of hydrogen-bond donors (Lipinski definition) is 4. The number of amides is 2. The molecular weight excluding hydrogens is 404 g/mol. The van der Waals surface area contributed by atoms with Crippen LogP contribution in [0, 0.1) is 0 Å². The van der Waals surface area contributed by atoms with Crippen LogP contribution in [0.4, 0.5) is 15.4 Å². The number of phenols is 1. The fourth-order valence-electron chi connectivity index (χ4n) is 3.51. The van der Waals surface area contributed by atoms with Crippen LogP contribution in [0.1, 0.15) is 60.6 Å². The van der Waals surface area contributed by atoms with Gasteiger partial charge >= 0.3 is 12.2 Å². The molecule has 0 spiro atoms. The maximum absolute atomic E-state index is 12.1. The first-order chi connectivity index (χ1) is 14.9. The van der Waals surface area contributed by atoms with Crippen LogP contribution in [0.5, 0.6) is 5.75 Å². The van der Waals surface area contributed by atoms with E-state index in [2.05, 4.69) is 20.8 Å². The van der Waals surface area contributed by atoms with Crippen LogP contribution in [-0.4, -0.2) is 45.9 Å². The van der Waals surface area contributed by atoms with E-state index in [-0.39, 0.29) is 36.0 Å². The summed E-state index contributed by atoms with van der Waals surface area (Å²) in [7, 11) is 0. The smallest absolute Gasteiger partial charge is 0.413 e. The van der Waals surface area contributed by atoms with Gasteiger partial charge in [-0.25, -0.2) is 9.59 Å². The van der Waals surface area contributed by atoms with Crippen molar-refractivity contribution in [1.29, 1.82) is 0 Å². The van der Waals surface area contributed by atoms with E-state index in [1.54, 1.807) is 18.2 Å². The van der Waals surface area contributed by atoms with Crippen LogP contribution < -0.4 is 10.6 Å². The van der Waals surface area contributed by atoms with Gasteiger partial charge in [-0.15, -0.1) is 0 Å². The number of nitrogens with zero attached hydrogens (tertiary/aromatic N) is 1. The molecule has 0 saturated heterocycles. The number of aromatic amines is 1. The highest BCUT2D eigenvalue weighted by molar-refractivity contribution is 5.84. The minimum atomic E-state index is -0.740. The van der Waals surface area contributed by atoms with Crippen molar-refractivity contribution in [3.8, 4) is 5.75 Å². The molecule has 10 nitrogen and oxygen atoms in total. The normalized spacial score (nSPS) is 17.9. The number of carbonyl (C=O) groups excluding carboxylic acids is 3. The Labute approximate surface area is 179 Å². The number of rotatable bonds is 7. The van der Waals surface area contributed by atoms with Crippen LogP contribution in [0.2, 0.25) is 0 Å². The molecule has 0 aliphatic heterocycles. The number of aromatic nitrogens is 2. The van der Waals surface area contributed by atoms with E-state index in [4.69, 9.17) is 9.47 Å². The third kappa shape index (κ3) is 5.97. The topological polar surface area (TPSA) is 143 Å². The van der Waals surface area contributed by atoms with Crippen molar-refractivity contribution in [2.24, 2.45) is 0 Å². The van der Waals surface area contributed by atoms with Gasteiger partial charge in [-0.2, -0.15) is 5.10 Å². The Hall–Kier alpha value is -3.56. The summed E-state index contributed by atoms with van der Waals surface area (Å²) >= 11 is 0. The van der Waals surface area contributed by atoms with Gasteiger partial charge in [0.15, 0.2) is 12.1 Å². The number of carbonyl (C=O) groups is 3. The molecule has 1 aliphatic carbocycles. The number of nitrogens with one attached hydrogen (secondary N) is 3. The quantitative estimate of drug-likeness (QED) is 0.493. The Morgan fingerprint density at radius 2 is 2.13 bits per heavy atom. The predicted molar refractivity (Wildman–Crippen MR) is 111 cm³/mol. The number of aromatic hydroxyl groups is 1. The molecule has 0 unspecified atom stereocenters. The molecule has 1 fully saturated rings. The van der Waals surface area contributed by atoms with Crippen LogP contribution in [0.15, 0.2) is 24.3 Å². The van der Waals surface area contributed by atoms with E-state index in [0.717, 1.165) is 18.5 Å². The van der Waals surface area contributed by atoms with Gasteiger partial charge in [0, 0.05) is 29.3 Å². The number of H-pyrrole nitrogens is 1. The molecule has 1 saturated carbocycles. The van der Waals surface area contributed by atoms with Crippen LogP contribution in [-0.2, 0) is 16.1 Å². The van der Waals surface area contributed by atoms with E-state index < -0.39 is 12.2 Å². The largest absolute Gasteiger partial charge is 0.507 e. The lowest BCUT2D eigenvalue weighted by molar-refractivity contribution is 0.0981. The second kappa shape index (κ2) is 9.96. The average Bonchev–Trinajstić information content (AvgIpc) is 3.35. The Bertz CT molecular complexity index is 942. The third-order valence-electron chi connectivity index (χ3n) is 4.98. The second-order valence-corrected chi connectivity index (χ2v) is 7.71. The number of benzene rings is 1. The van der Waals surface area contributed by atoms with Crippen molar-refractivity contribution in [3.05, 3.63) is 41.1 Å². The minimum absolute atomic E-state index is 0.0169. The molecule has 31 heavy (non-hydrogen) atoms. The SMILES string of the molecule is CC(C)NC(=O)O[C@@H]1CC[C@H](c2cc(NC(=O)OCc3cccc(O)c3C=O)n[nH]2)C1. The molecule has 0 bridgehead atoms. The molecule has 1 aliphatic rings. The second-order valence-electron chi connectivity index (χ2n) is 7.71. The van der Waals surface area contributed by atoms with Gasteiger partial charge in [-0.05, 0) is 39.2 Å². The lowest BCUT2D eigenvalue weighted by Crippen LogP contribution is -2.33. The molecule has 1 heterocycles. The van der Waals surface area contributed by atoms with Gasteiger partial charge in [-0.1, -0.05) is 12.1 Å². The monoisotopic (exact) mass is 430 g/mol. The number of hydrogen-bond acceptors (Lipinski definition) is 7. The summed E-state index contributed by atoms with van der Waals surface area (Å²) in [5.74, 6) is 0.265. The summed E-state index contributed by atoms with van der Waals surface area (Å²) in [4.78, 5) is 34.9. The molecular formula is C21H26N4O6. The first-order valence-corrected chi connectivity index (χ1v) is 10.1. The molecule has 2 amide bonds. The lowest BCUT2D eigenvalue weighted by Gasteiger charge is -2.14. The fraction of sp³-hybridized carbons (Fsp3) is 0.429. The van der Waals surface area contributed by atoms with E-state index in [1.807, 2.05) is 13.8 Å². The summed E-state index contributed by atoms with van der Waals surface area (Å²) in [5.41, 5.74) is 1.31. The number of anilines is 1. The molecule has 3 rings (SSSR count). The van der Waals surface area contributed by atoms with E-state index >= 15 is 0 Å². The Morgan fingerprint density at radius 1 is 1.32 bits per heavy atom. The first-order valence-electron chi connectivity index (χ1n) is 10.1. The number of alkyl carbamates (subject to hydrolysis) is 1. The fourth-order valence-corrected chi connectivity index (χ4v) is 3.51. The highest BCUT2D eigenvalue weighted by Crippen LogP contribution is 2.35. The van der Waals surface area contributed by atoms with Crippen LogP contribution in [0.3, 0.4) is 0 Å². The van der Waals surface area contributed by atoms with Gasteiger partial charge in [0.2, 0.25) is 0 Å². The molecule has 1 aromatic heterocycles. The van der Waals surface area contributed by atoms with Crippen molar-refractivity contribution >= 4 is 24.3 Å². The highest BCUT2D eigenvalue weighted by atomic mass is 16.6. The molecule has 0 radical (unpaired) electrons. The van der Waals surface area contributed by atoms with Gasteiger partial charge in [0.1, 0.15) is 18.5 Å². The van der Waals surface area contributed by atoms with Gasteiger partial charge < -0.3 is 19.9 Å². The summed E-state index contributed by atoms with van der Waals surface area (Å²) in [6, 6.07) is 6.26. The van der Waals surface area contributed by atoms with E-state index in [1.165, 1.54) is 6.07 Å². The van der Waals surface area contributed by atoms with E-state index in [0.29, 0.717) is 24.1 Å². The average molecular weight is 430 g/mol. The summed E-state index contributed by atoms with van der Waals surface area (Å²) in [6.45, 7) is 3.56. The molecule has 166 valence electrons. The zero-order valence-corrected chi connectivity index (χ0v) is 17.4. The Balaban J connectivity index is 1.49. The maximum Gasteiger partial charge on any atom is 0.413 e. The summed E-state index contributed by atoms with van der Waals surface area (Å²) < 4.78 is 10.5. The number of ether oxygens (including phenoxy) is 2. The zero-order valence-electron chi connectivity index (χ0n) is 17.4. The highest BCUT2D eigenvalue weighted by Gasteiger charge is 2.30. The lowest BCUT2D eigenvalue weighted by atomic mass is 10.0. The van der Waals surface area contributed by atoms with E-state index in [9.17, 15) is 19.5 Å². The van der Waals surface area contributed by atoms with Gasteiger partial charge in [0.05, 0.1) is 5.56 Å². The van der Waals surface area contributed by atoms with Crippen molar-refractivity contribution in [1.82, 2.24) is 15.5 Å². The first kappa shape index (κ1) is 22.1. The predicted octanol–water partition coefficient (Wildman–Crippen LogP) is 3.45. The van der Waals surface area contributed by atoms with Crippen molar-refractivity contribution in [2.45, 2.75) is 57.8 Å². The van der Waals surface area contributed by atoms with Crippen molar-refractivity contribution < 1.29 is 29.0 Å². The Morgan fingerprint density at radius 3 is 2.87 bits per heavy atom. The molecule has 10 heteroatoms. The maximum atomic E-state index is 12.1. The van der Waals surface area contributed by atoms with Crippen LogP contribution in [0.25, 0.3) is 0 Å². The molecule has 4 N–H and O–H groups in total. The van der Waals surface area contributed by atoms with Crippen molar-refractivity contribution in [2.75, 3.05) is 5.32 Å². The van der Waals surface area contributed by atoms with Crippen molar-refractivity contribution in [3.63, 3.8) is 0 Å². The standard InChI is InChI=1S/C21H26N4O6/c1-12(2)22-21(29)31-15-7-6-13(8-15)17-9-19(25-24-17)23-20(28)30-11-14-4-3-5-18(27)16(14)10-26/h3-5,9-10,12-13,15,27H,6-8,11H2,1-2H3,(H,22,29)(H2,23,24,25,28)/t13-,15+/m0/s1. The number of phenolic OH excluding ortho intramolecular Hbond substituents is 1.